The quantitative estimate of drug-likeness (QED) is 0.420. The van der Waals surface area contributed by atoms with Crippen LogP contribution in [0.4, 0.5) is 9.80 Å². The predicted octanol–water partition coefficient (Wildman–Crippen LogP) is 2.21. The molecule has 1 aliphatic heterocycles. The summed E-state index contributed by atoms with van der Waals surface area (Å²) in [7, 11) is -3.62. The molecule has 1 aromatic heterocycles. The van der Waals surface area contributed by atoms with Crippen molar-refractivity contribution in [2.45, 2.75) is 24.4 Å². The molecule has 0 spiro atoms. The fourth-order valence-electron chi connectivity index (χ4n) is 3.75. The summed E-state index contributed by atoms with van der Waals surface area (Å²) in [5.41, 5.74) is 20.0. The van der Waals surface area contributed by atoms with E-state index in [0.29, 0.717) is 24.5 Å². The average Bonchev–Trinajstić information content (AvgIpc) is 3.21. The number of nitrogens with two attached hydrogens (primary N) is 3. The highest BCUT2D eigenvalue weighted by Gasteiger charge is 2.28. The Kier molecular flexibility index (Phi) is 6.21. The van der Waals surface area contributed by atoms with Crippen LogP contribution >= 0.6 is 11.3 Å². The van der Waals surface area contributed by atoms with E-state index in [1.165, 1.54) is 15.6 Å². The van der Waals surface area contributed by atoms with Crippen molar-refractivity contribution in [1.82, 2.24) is 4.31 Å². The number of hydrogen-bond donors (Lipinski definition) is 4. The fourth-order valence-corrected chi connectivity index (χ4v) is 6.23. The first-order chi connectivity index (χ1) is 15.7. The number of nitrogens with zero attached hydrogens (tertiary/aromatic N) is 1. The second-order valence-corrected chi connectivity index (χ2v) is 10.6. The molecule has 3 amide bonds. The van der Waals surface area contributed by atoms with Crippen LogP contribution in [0.3, 0.4) is 0 Å². The van der Waals surface area contributed by atoms with Gasteiger partial charge < -0.3 is 17.2 Å². The van der Waals surface area contributed by atoms with Crippen molar-refractivity contribution in [3.8, 4) is 10.4 Å². The number of nitrogens with one attached hydrogen (secondary N) is 1. The van der Waals surface area contributed by atoms with Crippen LogP contribution in [0.1, 0.15) is 27.0 Å². The Balaban J connectivity index is 1.59. The molecule has 172 valence electrons. The van der Waals surface area contributed by atoms with Crippen molar-refractivity contribution in [3.05, 3.63) is 70.8 Å². The average molecular weight is 486 g/mol. The summed E-state index contributed by atoms with van der Waals surface area (Å²) >= 11 is 1.20. The van der Waals surface area contributed by atoms with E-state index in [0.717, 1.165) is 27.1 Å². The molecule has 0 bridgehead atoms. The predicted molar refractivity (Wildman–Crippen MR) is 127 cm³/mol. The molecule has 2 heterocycles. The molecule has 11 heteroatoms. The smallest absolute Gasteiger partial charge is 0.317 e. The molecule has 1 aliphatic rings. The summed E-state index contributed by atoms with van der Waals surface area (Å²) in [4.78, 5) is 23.9. The van der Waals surface area contributed by atoms with Crippen LogP contribution in [0.25, 0.3) is 10.4 Å². The van der Waals surface area contributed by atoms with Crippen molar-refractivity contribution in [2.24, 2.45) is 17.2 Å². The number of benzene rings is 2. The zero-order valence-electron chi connectivity index (χ0n) is 17.6. The van der Waals surface area contributed by atoms with Gasteiger partial charge in [-0.15, -0.1) is 11.3 Å². The molecule has 0 fully saturated rings. The van der Waals surface area contributed by atoms with Gasteiger partial charge in [0.15, 0.2) is 0 Å². The van der Waals surface area contributed by atoms with Gasteiger partial charge in [-0.2, -0.15) is 4.31 Å². The van der Waals surface area contributed by atoms with Gasteiger partial charge in [-0.3, -0.25) is 10.1 Å². The third kappa shape index (κ3) is 4.62. The van der Waals surface area contributed by atoms with Gasteiger partial charge in [-0.05, 0) is 52.9 Å². The third-order valence-corrected chi connectivity index (χ3v) is 8.46. The Morgan fingerprint density at radius 1 is 1.03 bits per heavy atom. The summed E-state index contributed by atoms with van der Waals surface area (Å²) in [6.45, 7) is 0.968. The van der Waals surface area contributed by atoms with Crippen LogP contribution in [0.15, 0.2) is 53.4 Å². The molecule has 0 aliphatic carbocycles. The highest BCUT2D eigenvalue weighted by Crippen LogP contribution is 2.37. The van der Waals surface area contributed by atoms with Gasteiger partial charge >= 0.3 is 6.03 Å². The molecule has 0 unspecified atom stereocenters. The minimum absolute atomic E-state index is 0.185. The highest BCUT2D eigenvalue weighted by molar-refractivity contribution is 7.89. The molecule has 0 saturated carbocycles. The zero-order chi connectivity index (χ0) is 23.8. The minimum atomic E-state index is -3.62. The van der Waals surface area contributed by atoms with Crippen LogP contribution in [0, 0.1) is 0 Å². The normalized spacial score (nSPS) is 14.0. The SMILES string of the molecule is NCc1ccc(S(=O)(=O)N2CCc3cc(-c4cc(C(N)=O)c(NC(N)=O)s4)ccc3C2)cc1. The van der Waals surface area contributed by atoms with Gasteiger partial charge in [0.05, 0.1) is 10.5 Å². The van der Waals surface area contributed by atoms with E-state index >= 15 is 0 Å². The van der Waals surface area contributed by atoms with Crippen LogP contribution in [0.5, 0.6) is 0 Å². The Bertz CT molecular complexity index is 1330. The summed E-state index contributed by atoms with van der Waals surface area (Å²) in [5, 5.41) is 2.72. The lowest BCUT2D eigenvalue weighted by atomic mass is 9.98. The zero-order valence-corrected chi connectivity index (χ0v) is 19.2. The maximum absolute atomic E-state index is 13.1. The summed E-state index contributed by atoms with van der Waals surface area (Å²) in [6, 6.07) is 13.2. The number of primary amides is 2. The van der Waals surface area contributed by atoms with Gasteiger partial charge in [0.25, 0.3) is 5.91 Å². The Morgan fingerprint density at radius 3 is 2.39 bits per heavy atom. The largest absolute Gasteiger partial charge is 0.366 e. The Morgan fingerprint density at radius 2 is 1.76 bits per heavy atom. The van der Waals surface area contributed by atoms with E-state index in [-0.39, 0.29) is 17.0 Å². The lowest BCUT2D eigenvalue weighted by molar-refractivity contribution is 0.100. The second-order valence-electron chi connectivity index (χ2n) is 7.63. The maximum Gasteiger partial charge on any atom is 0.317 e. The lowest BCUT2D eigenvalue weighted by Gasteiger charge is -2.28. The number of rotatable bonds is 6. The van der Waals surface area contributed by atoms with E-state index in [1.54, 1.807) is 30.3 Å². The number of sulfonamides is 1. The molecule has 9 nitrogen and oxygen atoms in total. The number of urea groups is 1. The van der Waals surface area contributed by atoms with E-state index in [2.05, 4.69) is 5.32 Å². The maximum atomic E-state index is 13.1. The summed E-state index contributed by atoms with van der Waals surface area (Å²) in [6.07, 6.45) is 0.545. The molecular formula is C22H23N5O4S2. The molecule has 4 rings (SSSR count). The molecule has 2 aromatic carbocycles. The van der Waals surface area contributed by atoms with E-state index in [9.17, 15) is 18.0 Å². The highest BCUT2D eigenvalue weighted by atomic mass is 32.2. The Hall–Kier alpha value is -3.25. The molecular weight excluding hydrogens is 462 g/mol. The van der Waals surface area contributed by atoms with E-state index < -0.39 is 22.0 Å². The summed E-state index contributed by atoms with van der Waals surface area (Å²) < 4.78 is 27.6. The minimum Gasteiger partial charge on any atom is -0.366 e. The van der Waals surface area contributed by atoms with Crippen LogP contribution in [-0.2, 0) is 29.5 Å². The number of anilines is 1. The number of thiophene rings is 1. The van der Waals surface area contributed by atoms with Crippen molar-refractivity contribution < 1.29 is 18.0 Å². The second kappa shape index (κ2) is 8.94. The van der Waals surface area contributed by atoms with Crippen LogP contribution in [0.2, 0.25) is 0 Å². The van der Waals surface area contributed by atoms with E-state index in [1.807, 2.05) is 18.2 Å². The number of hydrogen-bond acceptors (Lipinski definition) is 6. The first kappa shape index (κ1) is 22.9. The van der Waals surface area contributed by atoms with Crippen LogP contribution < -0.4 is 22.5 Å². The topological polar surface area (TPSA) is 162 Å². The van der Waals surface area contributed by atoms with E-state index in [4.69, 9.17) is 17.2 Å². The molecule has 7 N–H and O–H groups in total. The first-order valence-corrected chi connectivity index (χ1v) is 12.4. The van der Waals surface area contributed by atoms with Gasteiger partial charge in [-0.25, -0.2) is 13.2 Å². The molecule has 0 radical (unpaired) electrons. The number of carbonyl (C=O) groups is 2. The third-order valence-electron chi connectivity index (χ3n) is 5.50. The van der Waals surface area contributed by atoms with Crippen LogP contribution in [-0.4, -0.2) is 31.2 Å². The number of amides is 3. The van der Waals surface area contributed by atoms with Crippen molar-refractivity contribution >= 4 is 38.3 Å². The van der Waals surface area contributed by atoms with Gasteiger partial charge in [0, 0.05) is 24.5 Å². The van der Waals surface area contributed by atoms with Gasteiger partial charge in [-0.1, -0.05) is 24.3 Å². The van der Waals surface area contributed by atoms with Gasteiger partial charge in [0.2, 0.25) is 10.0 Å². The number of carbonyl (C=O) groups excluding carboxylic acids is 2. The standard InChI is InChI=1S/C22H23N5O4S2/c23-11-13-1-5-17(6-2-13)33(30,31)27-8-7-14-9-15(3-4-16(14)12-27)19-10-18(20(24)28)21(32-19)26-22(25)29/h1-6,9-10H,7-8,11-12,23H2,(H2,24,28)(H3,25,26,29). The Labute approximate surface area is 195 Å². The molecule has 3 aromatic rings. The van der Waals surface area contributed by atoms with Crippen molar-refractivity contribution in [1.29, 1.82) is 0 Å². The molecule has 0 saturated heterocycles. The van der Waals surface area contributed by atoms with Gasteiger partial charge in [0.1, 0.15) is 5.00 Å². The summed E-state index contributed by atoms with van der Waals surface area (Å²) in [5.74, 6) is -0.667. The first-order valence-electron chi connectivity index (χ1n) is 10.1. The van der Waals surface area contributed by atoms with Crippen molar-refractivity contribution in [3.63, 3.8) is 0 Å². The molecule has 0 atom stereocenters. The lowest BCUT2D eigenvalue weighted by Crippen LogP contribution is -2.36. The van der Waals surface area contributed by atoms with Crippen molar-refractivity contribution in [2.75, 3.05) is 11.9 Å². The number of fused-ring (bicyclic) bond motifs is 1. The molecule has 33 heavy (non-hydrogen) atoms. The fraction of sp³-hybridized carbons (Fsp3) is 0.182. The monoisotopic (exact) mass is 485 g/mol.